The van der Waals surface area contributed by atoms with Gasteiger partial charge in [-0.05, 0) is 39.9 Å². The van der Waals surface area contributed by atoms with Gasteiger partial charge >= 0.3 is 0 Å². The van der Waals surface area contributed by atoms with Gasteiger partial charge in [-0.15, -0.1) is 11.3 Å². The van der Waals surface area contributed by atoms with Gasteiger partial charge in [-0.3, -0.25) is 0 Å². The van der Waals surface area contributed by atoms with E-state index in [4.69, 9.17) is 4.52 Å². The van der Waals surface area contributed by atoms with Crippen molar-refractivity contribution >= 4 is 49.3 Å². The molecule has 0 aliphatic heterocycles. The quantitative estimate of drug-likeness (QED) is 0.541. The minimum atomic E-state index is -3.78. The number of aromatic nitrogens is 1. The molecule has 0 saturated carbocycles. The van der Waals surface area contributed by atoms with Gasteiger partial charge in [0.05, 0.1) is 5.69 Å². The summed E-state index contributed by atoms with van der Waals surface area (Å²) in [7, 11) is -3.78. The van der Waals surface area contributed by atoms with Crippen LogP contribution in [0.5, 0.6) is 0 Å². The van der Waals surface area contributed by atoms with Crippen LogP contribution in [0.2, 0.25) is 0 Å². The van der Waals surface area contributed by atoms with Crippen molar-refractivity contribution in [3.05, 3.63) is 68.5 Å². The van der Waals surface area contributed by atoms with E-state index in [1.807, 2.05) is 49.4 Å². The van der Waals surface area contributed by atoms with E-state index < -0.39 is 10.0 Å². The highest BCUT2D eigenvalue weighted by atomic mass is 79.9. The number of anilines is 1. The molecular formula is C18H17BrN2O3S2. The Morgan fingerprint density at radius 2 is 2.00 bits per heavy atom. The topological polar surface area (TPSA) is 72.2 Å². The maximum Gasteiger partial charge on any atom is 0.265 e. The summed E-state index contributed by atoms with van der Waals surface area (Å²) in [5.74, 6) is 0.0221. The molecule has 5 nitrogen and oxygen atoms in total. The summed E-state index contributed by atoms with van der Waals surface area (Å²) in [4.78, 5) is 1.01. The van der Waals surface area contributed by atoms with Gasteiger partial charge in [-0.25, -0.2) is 13.1 Å². The van der Waals surface area contributed by atoms with Crippen LogP contribution in [0.3, 0.4) is 0 Å². The van der Waals surface area contributed by atoms with Gasteiger partial charge in [0.15, 0.2) is 0 Å². The second-order valence-electron chi connectivity index (χ2n) is 5.72. The normalized spacial score (nSPS) is 13.2. The molecule has 2 heterocycles. The van der Waals surface area contributed by atoms with Crippen LogP contribution in [0.1, 0.15) is 29.0 Å². The average molecular weight is 453 g/mol. The molecule has 0 amide bonds. The number of rotatable bonds is 6. The van der Waals surface area contributed by atoms with Gasteiger partial charge in [-0.2, -0.15) is 0 Å². The SMILES string of the molecule is Cc1noc(NS(=O)(=O)c2ccsc2C(C)C=Cc2ccccc2)c1Br. The lowest BCUT2D eigenvalue weighted by Crippen LogP contribution is -2.14. The Hall–Kier alpha value is -1.90. The number of sulfonamides is 1. The zero-order valence-electron chi connectivity index (χ0n) is 14.1. The van der Waals surface area contributed by atoms with E-state index in [1.165, 1.54) is 11.3 Å². The van der Waals surface area contributed by atoms with Gasteiger partial charge in [-0.1, -0.05) is 54.6 Å². The van der Waals surface area contributed by atoms with Crippen molar-refractivity contribution in [3.8, 4) is 0 Å². The van der Waals surface area contributed by atoms with Crippen LogP contribution in [0, 0.1) is 6.92 Å². The van der Waals surface area contributed by atoms with Crippen molar-refractivity contribution in [2.75, 3.05) is 4.72 Å². The van der Waals surface area contributed by atoms with Crippen molar-refractivity contribution in [3.63, 3.8) is 0 Å². The van der Waals surface area contributed by atoms with Crippen LogP contribution >= 0.6 is 27.3 Å². The highest BCUT2D eigenvalue weighted by Crippen LogP contribution is 2.33. The Bertz CT molecular complexity index is 1020. The Morgan fingerprint density at radius 1 is 1.27 bits per heavy atom. The lowest BCUT2D eigenvalue weighted by Gasteiger charge is -2.10. The van der Waals surface area contributed by atoms with E-state index in [-0.39, 0.29) is 16.7 Å². The summed E-state index contributed by atoms with van der Waals surface area (Å²) in [6.45, 7) is 3.69. The minimum Gasteiger partial charge on any atom is -0.336 e. The fraction of sp³-hybridized carbons (Fsp3) is 0.167. The van der Waals surface area contributed by atoms with E-state index in [9.17, 15) is 8.42 Å². The van der Waals surface area contributed by atoms with Gasteiger partial charge < -0.3 is 4.52 Å². The molecule has 1 aromatic carbocycles. The molecule has 1 atom stereocenters. The maximum atomic E-state index is 12.8. The highest BCUT2D eigenvalue weighted by Gasteiger charge is 2.25. The molecule has 3 aromatic rings. The predicted octanol–water partition coefficient (Wildman–Crippen LogP) is 5.42. The van der Waals surface area contributed by atoms with Gasteiger partial charge in [0.2, 0.25) is 0 Å². The van der Waals surface area contributed by atoms with E-state index >= 15 is 0 Å². The van der Waals surface area contributed by atoms with E-state index in [0.29, 0.717) is 10.2 Å². The van der Waals surface area contributed by atoms with Crippen molar-refractivity contribution in [1.29, 1.82) is 0 Å². The fourth-order valence-electron chi connectivity index (χ4n) is 2.37. The van der Waals surface area contributed by atoms with Crippen molar-refractivity contribution < 1.29 is 12.9 Å². The molecule has 8 heteroatoms. The van der Waals surface area contributed by atoms with Crippen molar-refractivity contribution in [2.24, 2.45) is 0 Å². The predicted molar refractivity (Wildman–Crippen MR) is 108 cm³/mol. The fourth-order valence-corrected chi connectivity index (χ4v) is 5.32. The number of aryl methyl sites for hydroxylation is 1. The Balaban J connectivity index is 1.85. The molecule has 0 spiro atoms. The number of benzene rings is 1. The number of nitrogens with zero attached hydrogens (tertiary/aromatic N) is 1. The van der Waals surface area contributed by atoms with Gasteiger partial charge in [0.25, 0.3) is 15.9 Å². The molecule has 136 valence electrons. The Kier molecular flexibility index (Phi) is 5.64. The van der Waals surface area contributed by atoms with Crippen LogP contribution in [0.25, 0.3) is 6.08 Å². The molecule has 2 aromatic heterocycles. The second-order valence-corrected chi connectivity index (χ2v) is 9.12. The minimum absolute atomic E-state index is 0.0540. The van der Waals surface area contributed by atoms with Crippen LogP contribution < -0.4 is 4.72 Å². The van der Waals surface area contributed by atoms with Crippen LogP contribution in [0.4, 0.5) is 5.88 Å². The van der Waals surface area contributed by atoms with Crippen LogP contribution in [0.15, 0.2) is 61.7 Å². The molecule has 0 radical (unpaired) electrons. The molecule has 1 unspecified atom stereocenters. The number of hydrogen-bond acceptors (Lipinski definition) is 5. The number of halogens is 1. The molecule has 3 rings (SSSR count). The smallest absolute Gasteiger partial charge is 0.265 e. The first-order chi connectivity index (χ1) is 12.4. The molecular weight excluding hydrogens is 436 g/mol. The third-order valence-electron chi connectivity index (χ3n) is 3.76. The third kappa shape index (κ3) is 4.08. The molecule has 0 saturated heterocycles. The second kappa shape index (κ2) is 7.77. The maximum absolute atomic E-state index is 12.8. The summed E-state index contributed by atoms with van der Waals surface area (Å²) < 4.78 is 33.6. The number of nitrogens with one attached hydrogen (secondary N) is 1. The Morgan fingerprint density at radius 3 is 2.65 bits per heavy atom. The zero-order chi connectivity index (χ0) is 18.7. The first-order valence-electron chi connectivity index (χ1n) is 7.83. The van der Waals surface area contributed by atoms with Crippen LogP contribution in [-0.4, -0.2) is 13.6 Å². The first-order valence-corrected chi connectivity index (χ1v) is 11.0. The largest absolute Gasteiger partial charge is 0.336 e. The Labute approximate surface area is 164 Å². The molecule has 0 aliphatic rings. The monoisotopic (exact) mass is 452 g/mol. The number of hydrogen-bond donors (Lipinski definition) is 1. The van der Waals surface area contributed by atoms with Crippen LogP contribution in [-0.2, 0) is 10.0 Å². The highest BCUT2D eigenvalue weighted by molar-refractivity contribution is 9.10. The average Bonchev–Trinajstić information content (AvgIpc) is 3.24. The molecule has 26 heavy (non-hydrogen) atoms. The van der Waals surface area contributed by atoms with Crippen molar-refractivity contribution in [2.45, 2.75) is 24.7 Å². The standard InChI is InChI=1S/C18H17BrN2O3S2/c1-12(8-9-14-6-4-3-5-7-14)17-15(10-11-25-17)26(22,23)21-18-16(19)13(2)20-24-18/h3-12,21H,1-2H3. The summed E-state index contributed by atoms with van der Waals surface area (Å²) in [6.07, 6.45) is 3.99. The first kappa shape index (κ1) is 18.9. The molecule has 0 fully saturated rings. The van der Waals surface area contributed by atoms with E-state index in [0.717, 1.165) is 10.4 Å². The summed E-state index contributed by atoms with van der Waals surface area (Å²) in [5.41, 5.74) is 1.65. The number of thiophene rings is 1. The third-order valence-corrected chi connectivity index (χ3v) is 7.33. The number of allylic oxidation sites excluding steroid dienone is 1. The molecule has 1 N–H and O–H groups in total. The lowest BCUT2D eigenvalue weighted by molar-refractivity contribution is 0.430. The van der Waals surface area contributed by atoms with Crippen molar-refractivity contribution in [1.82, 2.24) is 5.16 Å². The summed E-state index contributed by atoms with van der Waals surface area (Å²) in [6, 6.07) is 11.5. The van der Waals surface area contributed by atoms with E-state index in [1.54, 1.807) is 18.4 Å². The summed E-state index contributed by atoms with van der Waals surface area (Å²) >= 11 is 4.68. The summed E-state index contributed by atoms with van der Waals surface area (Å²) in [5, 5.41) is 5.52. The zero-order valence-corrected chi connectivity index (χ0v) is 17.4. The van der Waals surface area contributed by atoms with Gasteiger partial charge in [0.1, 0.15) is 9.37 Å². The van der Waals surface area contributed by atoms with Gasteiger partial charge in [0, 0.05) is 10.8 Å². The molecule has 0 bridgehead atoms. The lowest BCUT2D eigenvalue weighted by atomic mass is 10.1. The van der Waals surface area contributed by atoms with E-state index in [2.05, 4.69) is 25.8 Å². The molecule has 0 aliphatic carbocycles.